The van der Waals surface area contributed by atoms with E-state index in [0.29, 0.717) is 59.8 Å². The van der Waals surface area contributed by atoms with Crippen molar-refractivity contribution in [2.75, 3.05) is 35.5 Å². The fourth-order valence-electron chi connectivity index (χ4n) is 6.01. The van der Waals surface area contributed by atoms with E-state index in [2.05, 4.69) is 34.5 Å². The summed E-state index contributed by atoms with van der Waals surface area (Å²) in [6.07, 6.45) is 7.75. The van der Waals surface area contributed by atoms with Gasteiger partial charge in [0.25, 0.3) is 11.8 Å². The van der Waals surface area contributed by atoms with Gasteiger partial charge in [-0.1, -0.05) is 43.2 Å². The van der Waals surface area contributed by atoms with Crippen molar-refractivity contribution in [2.24, 2.45) is 12.0 Å². The molecule has 6 rings (SSSR count). The van der Waals surface area contributed by atoms with Crippen LogP contribution in [0.2, 0.25) is 0 Å². The fraction of sp³-hybridized carbons (Fsp3) is 0.351. The zero-order valence-electron chi connectivity index (χ0n) is 29.6. The van der Waals surface area contributed by atoms with Crippen molar-refractivity contribution in [3.05, 3.63) is 76.6 Å². The maximum absolute atomic E-state index is 13.6. The molecule has 0 saturated carbocycles. The van der Waals surface area contributed by atoms with Crippen LogP contribution in [0.3, 0.4) is 0 Å². The summed E-state index contributed by atoms with van der Waals surface area (Å²) in [4.78, 5) is 62.8. The summed E-state index contributed by atoms with van der Waals surface area (Å²) in [5.41, 5.74) is 4.02. The molecule has 2 aliphatic heterocycles. The standard InChI is InChI=1S/C37H40N6O6S3/c1-37(2,52(5)50)13-12-30(44)29-16-23(20-42(29)3)39-34(46)27-21-51-36(40-27)41-33(45)11-8-14-49-32-18-26-25(17-31(32)48-4)35(47)43-24(19-38-26)15-22-9-6-7-10-28(22)43/h6-7,9-10,16-21,24H,8,11-15H2,1-5H3,(H,39,46)(H,40,41,45)/t24-,52?/m0/s1. The molecule has 15 heteroatoms. The van der Waals surface area contributed by atoms with Crippen molar-refractivity contribution in [2.45, 2.75) is 56.7 Å². The number of amides is 3. The van der Waals surface area contributed by atoms with E-state index >= 15 is 0 Å². The van der Waals surface area contributed by atoms with E-state index in [1.165, 1.54) is 7.11 Å². The Morgan fingerprint density at radius 3 is 2.67 bits per heavy atom. The number of hydrogen-bond acceptors (Lipinski definition) is 10. The lowest BCUT2D eigenvalue weighted by atomic mass is 10.0. The largest absolute Gasteiger partial charge is 0.493 e. The Kier molecular flexibility index (Phi) is 11.0. The second-order valence-corrected chi connectivity index (χ2v) is 17.6. The van der Waals surface area contributed by atoms with Gasteiger partial charge in [-0.05, 0) is 42.9 Å². The molecule has 4 aromatic rings. The normalized spacial score (nSPS) is 15.3. The molecule has 0 saturated heterocycles. The first-order chi connectivity index (χ1) is 24.8. The highest BCUT2D eigenvalue weighted by Gasteiger charge is 2.36. The van der Waals surface area contributed by atoms with Crippen LogP contribution in [0.1, 0.15) is 76.4 Å². The predicted molar refractivity (Wildman–Crippen MR) is 209 cm³/mol. The molecule has 0 spiro atoms. The van der Waals surface area contributed by atoms with E-state index < -0.39 is 5.91 Å². The molecule has 2 atom stereocenters. The van der Waals surface area contributed by atoms with Gasteiger partial charge in [-0.15, -0.1) is 20.8 Å². The SMILES string of the molecule is COc1cc2c(cc1OCCCC(=O)Nc1nc(C(=O)Nc3cc(C(=O)CCC(C)(C)S(C)=S)n(C)c3)cs1)N=C[C@@H]1Cc3ccccc3N1C2=O. The number of methoxy groups -OCH3 is 1. The number of ether oxygens (including phenoxy) is 2. The minimum Gasteiger partial charge on any atom is -0.493 e. The Bertz CT molecular complexity index is 2100. The van der Waals surface area contributed by atoms with Gasteiger partial charge in [-0.2, -0.15) is 0 Å². The van der Waals surface area contributed by atoms with Gasteiger partial charge < -0.3 is 24.7 Å². The van der Waals surface area contributed by atoms with Crippen LogP contribution >= 0.6 is 11.3 Å². The lowest BCUT2D eigenvalue weighted by molar-refractivity contribution is -0.116. The van der Waals surface area contributed by atoms with Crippen LogP contribution in [-0.2, 0) is 38.9 Å². The van der Waals surface area contributed by atoms with Crippen LogP contribution in [0.4, 0.5) is 22.2 Å². The molecular formula is C37H40N6O6S3. The van der Waals surface area contributed by atoms with Gasteiger partial charge in [0.1, 0.15) is 5.69 Å². The molecule has 2 aromatic heterocycles. The molecule has 0 aliphatic carbocycles. The molecule has 3 amide bonds. The van der Waals surface area contributed by atoms with Gasteiger partial charge in [0.05, 0.1) is 42.4 Å². The second kappa shape index (κ2) is 15.5. The molecule has 52 heavy (non-hydrogen) atoms. The Labute approximate surface area is 313 Å². The molecule has 2 aromatic carbocycles. The van der Waals surface area contributed by atoms with E-state index in [1.54, 1.807) is 52.5 Å². The van der Waals surface area contributed by atoms with Gasteiger partial charge in [0, 0.05) is 60.6 Å². The molecule has 2 aliphatic rings. The van der Waals surface area contributed by atoms with Crippen molar-refractivity contribution >= 4 is 83.9 Å². The smallest absolute Gasteiger partial charge is 0.275 e. The average molecular weight is 761 g/mol. The summed E-state index contributed by atoms with van der Waals surface area (Å²) in [6.45, 7) is 4.36. The molecule has 12 nitrogen and oxygen atoms in total. The van der Waals surface area contributed by atoms with Gasteiger partial charge >= 0.3 is 0 Å². The maximum Gasteiger partial charge on any atom is 0.275 e. The highest BCUT2D eigenvalue weighted by atomic mass is 32.8. The second-order valence-electron chi connectivity index (χ2n) is 13.2. The number of thiazole rings is 1. The predicted octanol–water partition coefficient (Wildman–Crippen LogP) is 6.28. The topological polar surface area (TPSA) is 144 Å². The number of aromatic nitrogens is 2. The maximum atomic E-state index is 13.6. The number of nitrogens with zero attached hydrogens (tertiary/aromatic N) is 4. The summed E-state index contributed by atoms with van der Waals surface area (Å²) >= 11 is 6.57. The van der Waals surface area contributed by atoms with E-state index in [-0.39, 0.29) is 61.7 Å². The van der Waals surface area contributed by atoms with Gasteiger partial charge in [0.15, 0.2) is 22.4 Å². The Morgan fingerprint density at radius 2 is 1.90 bits per heavy atom. The summed E-state index contributed by atoms with van der Waals surface area (Å²) in [5, 5.41) is 7.37. The molecule has 0 fully saturated rings. The van der Waals surface area contributed by atoms with Crippen molar-refractivity contribution in [1.82, 2.24) is 9.55 Å². The first-order valence-corrected chi connectivity index (χ1v) is 20.2. The zero-order chi connectivity index (χ0) is 37.2. The number of benzene rings is 2. The van der Waals surface area contributed by atoms with E-state index in [0.717, 1.165) is 22.6 Å². The molecule has 4 heterocycles. The number of ketones is 1. The van der Waals surface area contributed by atoms with E-state index in [1.807, 2.05) is 30.5 Å². The third-order valence-corrected chi connectivity index (χ3v) is 13.1. The fourth-order valence-corrected chi connectivity index (χ4v) is 7.36. The Morgan fingerprint density at radius 1 is 1.12 bits per heavy atom. The minimum absolute atomic E-state index is 0.0180. The number of fused-ring (bicyclic) bond motifs is 4. The summed E-state index contributed by atoms with van der Waals surface area (Å²) in [6, 6.07) is 12.7. The lowest BCUT2D eigenvalue weighted by Gasteiger charge is -2.23. The summed E-state index contributed by atoms with van der Waals surface area (Å²) < 4.78 is 13.1. The molecule has 0 radical (unpaired) electrons. The van der Waals surface area contributed by atoms with Crippen LogP contribution < -0.4 is 25.0 Å². The number of aliphatic imine (C=N–C) groups is 1. The van der Waals surface area contributed by atoms with Crippen LogP contribution in [0, 0.1) is 0 Å². The third-order valence-electron chi connectivity index (χ3n) is 9.20. The number of aryl methyl sites for hydroxylation is 1. The van der Waals surface area contributed by atoms with Crippen LogP contribution in [0.5, 0.6) is 11.5 Å². The first kappa shape index (κ1) is 37.0. The highest BCUT2D eigenvalue weighted by molar-refractivity contribution is 8.29. The van der Waals surface area contributed by atoms with Crippen molar-refractivity contribution in [1.29, 1.82) is 0 Å². The molecular weight excluding hydrogens is 721 g/mol. The van der Waals surface area contributed by atoms with E-state index in [9.17, 15) is 19.2 Å². The van der Waals surface area contributed by atoms with Gasteiger partial charge in [-0.25, -0.2) is 4.98 Å². The van der Waals surface area contributed by atoms with Crippen molar-refractivity contribution in [3.63, 3.8) is 0 Å². The quantitative estimate of drug-likeness (QED) is 0.113. The summed E-state index contributed by atoms with van der Waals surface area (Å²) in [7, 11) is 3.03. The van der Waals surface area contributed by atoms with Crippen LogP contribution in [0.15, 0.2) is 59.0 Å². The zero-order valence-corrected chi connectivity index (χ0v) is 32.0. The average Bonchev–Trinajstić information content (AvgIpc) is 3.82. The number of carbonyl (C=O) groups excluding carboxylic acids is 4. The monoisotopic (exact) mass is 760 g/mol. The Hall–Kier alpha value is -4.73. The third kappa shape index (κ3) is 8.01. The summed E-state index contributed by atoms with van der Waals surface area (Å²) in [5.74, 6) is -0.0895. The number of rotatable bonds is 14. The number of Topliss-reactive ketones (excluding diaryl/α,β-unsaturated/α-hetero) is 1. The van der Waals surface area contributed by atoms with Gasteiger partial charge in [0.2, 0.25) is 5.91 Å². The number of anilines is 3. The molecule has 2 N–H and O–H groups in total. The molecule has 1 unspecified atom stereocenters. The first-order valence-electron chi connectivity index (χ1n) is 16.7. The molecule has 272 valence electrons. The van der Waals surface area contributed by atoms with Crippen LogP contribution in [0.25, 0.3) is 0 Å². The number of hydrogen-bond donors (Lipinski definition) is 2. The number of nitrogens with one attached hydrogen (secondary N) is 2. The van der Waals surface area contributed by atoms with Crippen molar-refractivity contribution in [3.8, 4) is 11.5 Å². The minimum atomic E-state index is -0.456. The van der Waals surface area contributed by atoms with Crippen molar-refractivity contribution < 1.29 is 28.7 Å². The van der Waals surface area contributed by atoms with Crippen LogP contribution in [-0.4, -0.2) is 70.0 Å². The van der Waals surface area contributed by atoms with E-state index in [4.69, 9.17) is 20.7 Å². The lowest BCUT2D eigenvalue weighted by Crippen LogP contribution is -2.37. The molecule has 0 bridgehead atoms. The number of carbonyl (C=O) groups is 4. The Balaban J connectivity index is 0.988. The van der Waals surface area contributed by atoms with Gasteiger partial charge in [-0.3, -0.25) is 29.1 Å². The number of para-hydroxylation sites is 1. The highest BCUT2D eigenvalue weighted by Crippen LogP contribution is 2.41.